The molecule has 0 spiro atoms. The van der Waals surface area contributed by atoms with Gasteiger partial charge in [0.25, 0.3) is 0 Å². The summed E-state index contributed by atoms with van der Waals surface area (Å²) in [5, 5.41) is 12.3. The van der Waals surface area contributed by atoms with E-state index in [-0.39, 0.29) is 30.8 Å². The van der Waals surface area contributed by atoms with Gasteiger partial charge in [-0.15, -0.1) is 0 Å². The Hall–Kier alpha value is -2.93. The van der Waals surface area contributed by atoms with Gasteiger partial charge in [0.1, 0.15) is 18.1 Å². The predicted molar refractivity (Wildman–Crippen MR) is 103 cm³/mol. The molecule has 0 heterocycles. The van der Waals surface area contributed by atoms with Gasteiger partial charge in [0.15, 0.2) is 0 Å². The zero-order valence-corrected chi connectivity index (χ0v) is 15.7. The maximum absolute atomic E-state index is 12.3. The third kappa shape index (κ3) is 5.79. The molecule has 1 aliphatic rings. The number of allylic oxidation sites excluding steroid dienone is 1. The molecule has 144 valence electrons. The first-order chi connectivity index (χ1) is 12.9. The van der Waals surface area contributed by atoms with Crippen molar-refractivity contribution in [3.05, 3.63) is 53.8 Å². The van der Waals surface area contributed by atoms with Crippen LogP contribution in [-0.4, -0.2) is 48.9 Å². The van der Waals surface area contributed by atoms with Crippen molar-refractivity contribution in [2.24, 2.45) is 5.16 Å². The van der Waals surface area contributed by atoms with E-state index in [0.717, 1.165) is 17.9 Å². The molecule has 27 heavy (non-hydrogen) atoms. The number of rotatable bonds is 8. The fraction of sp³-hybridized carbons (Fsp3) is 0.350. The monoisotopic (exact) mass is 372 g/mol. The number of aliphatic hydroxyl groups excluding tert-OH is 1. The second kappa shape index (κ2) is 9.68. The van der Waals surface area contributed by atoms with Gasteiger partial charge in [0, 0.05) is 25.2 Å². The van der Waals surface area contributed by atoms with Gasteiger partial charge in [0.05, 0.1) is 12.6 Å². The van der Waals surface area contributed by atoms with Gasteiger partial charge in [-0.3, -0.25) is 4.79 Å². The highest BCUT2D eigenvalue weighted by atomic mass is 16.7. The molecule has 0 amide bonds. The standard InChI is InChI=1S/C20H24N2O5/c1-14(21-27-15(2)24)20(25)16-4-6-17(7-5-16)22(3)18-8-10-19(11-9-18)26-13-12-23/h4-8,10-11,18,23H,9,12-13H2,1-3H3/b21-14+. The fourth-order valence-corrected chi connectivity index (χ4v) is 2.57. The van der Waals surface area contributed by atoms with Crippen LogP contribution in [0.3, 0.4) is 0 Å². The number of hydrogen-bond acceptors (Lipinski definition) is 7. The fourth-order valence-electron chi connectivity index (χ4n) is 2.57. The van der Waals surface area contributed by atoms with Crippen molar-refractivity contribution in [3.8, 4) is 0 Å². The van der Waals surface area contributed by atoms with E-state index in [2.05, 4.69) is 14.9 Å². The molecule has 0 fully saturated rings. The Bertz CT molecular complexity index is 765. The summed E-state index contributed by atoms with van der Waals surface area (Å²) in [6.07, 6.45) is 6.71. The van der Waals surface area contributed by atoms with Crippen LogP contribution < -0.4 is 4.90 Å². The highest BCUT2D eigenvalue weighted by molar-refractivity contribution is 6.45. The molecule has 1 unspecified atom stereocenters. The van der Waals surface area contributed by atoms with E-state index in [9.17, 15) is 9.59 Å². The molecule has 0 saturated carbocycles. The van der Waals surface area contributed by atoms with Gasteiger partial charge in [0.2, 0.25) is 5.78 Å². The molecule has 0 radical (unpaired) electrons. The highest BCUT2D eigenvalue weighted by Crippen LogP contribution is 2.22. The smallest absolute Gasteiger partial charge is 0.331 e. The molecule has 7 heteroatoms. The maximum atomic E-state index is 12.3. The first-order valence-electron chi connectivity index (χ1n) is 8.64. The number of carbonyl (C=O) groups is 2. The van der Waals surface area contributed by atoms with Crippen molar-refractivity contribution in [1.82, 2.24) is 0 Å². The number of ketones is 1. The zero-order chi connectivity index (χ0) is 19.8. The van der Waals surface area contributed by atoms with Gasteiger partial charge >= 0.3 is 5.97 Å². The summed E-state index contributed by atoms with van der Waals surface area (Å²) in [6, 6.07) is 7.34. The molecular formula is C20H24N2O5. The average Bonchev–Trinajstić information content (AvgIpc) is 2.69. The predicted octanol–water partition coefficient (Wildman–Crippen LogP) is 2.47. The third-order valence-corrected chi connectivity index (χ3v) is 4.08. The van der Waals surface area contributed by atoms with Crippen molar-refractivity contribution in [3.63, 3.8) is 0 Å². The Kier molecular flexibility index (Phi) is 7.31. The lowest BCUT2D eigenvalue weighted by Crippen LogP contribution is -2.30. The number of carbonyl (C=O) groups excluding carboxylic acids is 2. The Morgan fingerprint density at radius 3 is 2.52 bits per heavy atom. The van der Waals surface area contributed by atoms with Crippen LogP contribution in [0.25, 0.3) is 0 Å². The quantitative estimate of drug-likeness (QED) is 0.326. The van der Waals surface area contributed by atoms with E-state index < -0.39 is 5.97 Å². The lowest BCUT2D eigenvalue weighted by molar-refractivity contribution is -0.140. The number of nitrogens with zero attached hydrogens (tertiary/aromatic N) is 2. The van der Waals surface area contributed by atoms with E-state index in [1.54, 1.807) is 12.1 Å². The summed E-state index contributed by atoms with van der Waals surface area (Å²) < 4.78 is 5.39. The SMILES string of the molecule is CC(=O)O/N=C(\C)C(=O)c1ccc(N(C)C2C=CC(OCCO)=CC2)cc1. The number of likely N-dealkylation sites (N-methyl/N-ethyl adjacent to an activating group) is 1. The molecule has 1 atom stereocenters. The van der Waals surface area contributed by atoms with Crippen molar-refractivity contribution in [2.45, 2.75) is 26.3 Å². The third-order valence-electron chi connectivity index (χ3n) is 4.08. The van der Waals surface area contributed by atoms with E-state index >= 15 is 0 Å². The van der Waals surface area contributed by atoms with Crippen LogP contribution in [0.15, 0.2) is 53.4 Å². The topological polar surface area (TPSA) is 88.4 Å². The molecule has 1 aliphatic carbocycles. The van der Waals surface area contributed by atoms with Gasteiger partial charge in [-0.05, 0) is 49.8 Å². The largest absolute Gasteiger partial charge is 0.492 e. The summed E-state index contributed by atoms with van der Waals surface area (Å²) in [5.41, 5.74) is 1.55. The van der Waals surface area contributed by atoms with Crippen LogP contribution in [-0.2, 0) is 14.4 Å². The summed E-state index contributed by atoms with van der Waals surface area (Å²) in [4.78, 5) is 29.7. The van der Waals surface area contributed by atoms with E-state index in [4.69, 9.17) is 9.84 Å². The van der Waals surface area contributed by atoms with E-state index in [1.165, 1.54) is 13.8 Å². The highest BCUT2D eigenvalue weighted by Gasteiger charge is 2.16. The molecule has 0 aliphatic heterocycles. The van der Waals surface area contributed by atoms with Gasteiger partial charge in [-0.25, -0.2) is 4.79 Å². The summed E-state index contributed by atoms with van der Waals surface area (Å²) >= 11 is 0. The van der Waals surface area contributed by atoms with Crippen LogP contribution in [0.4, 0.5) is 5.69 Å². The molecule has 0 saturated heterocycles. The van der Waals surface area contributed by atoms with Crippen LogP contribution in [0.5, 0.6) is 0 Å². The van der Waals surface area contributed by atoms with Crippen LogP contribution in [0, 0.1) is 0 Å². The Balaban J connectivity index is 2.00. The van der Waals surface area contributed by atoms with E-state index in [0.29, 0.717) is 5.56 Å². The normalized spacial score (nSPS) is 16.5. The van der Waals surface area contributed by atoms with Crippen molar-refractivity contribution < 1.29 is 24.3 Å². The Labute approximate surface area is 158 Å². The minimum atomic E-state index is -0.571. The van der Waals surface area contributed by atoms with Crippen LogP contribution in [0.2, 0.25) is 0 Å². The molecule has 1 aromatic rings. The van der Waals surface area contributed by atoms with Gasteiger partial charge in [-0.1, -0.05) is 11.2 Å². The lowest BCUT2D eigenvalue weighted by atomic mass is 10.0. The first kappa shape index (κ1) is 20.4. The number of oxime groups is 1. The molecule has 0 bridgehead atoms. The number of benzene rings is 1. The number of Topliss-reactive ketones (excluding diaryl/α,β-unsaturated/α-hetero) is 1. The Morgan fingerprint density at radius 2 is 1.96 bits per heavy atom. The zero-order valence-electron chi connectivity index (χ0n) is 15.7. The van der Waals surface area contributed by atoms with Gasteiger partial charge in [-0.2, -0.15) is 0 Å². The molecule has 7 nitrogen and oxygen atoms in total. The second-order valence-electron chi connectivity index (χ2n) is 6.09. The molecule has 1 aromatic carbocycles. The number of ether oxygens (including phenoxy) is 1. The van der Waals surface area contributed by atoms with Crippen molar-refractivity contribution in [1.29, 1.82) is 0 Å². The van der Waals surface area contributed by atoms with Gasteiger partial charge < -0.3 is 19.6 Å². The molecular weight excluding hydrogens is 348 g/mol. The summed E-state index contributed by atoms with van der Waals surface area (Å²) in [7, 11) is 1.98. The first-order valence-corrected chi connectivity index (χ1v) is 8.64. The number of hydrogen-bond donors (Lipinski definition) is 1. The van der Waals surface area contributed by atoms with Crippen molar-refractivity contribution in [2.75, 3.05) is 25.2 Å². The minimum Gasteiger partial charge on any atom is -0.492 e. The maximum Gasteiger partial charge on any atom is 0.331 e. The summed E-state index contributed by atoms with van der Waals surface area (Å²) in [6.45, 7) is 3.00. The van der Waals surface area contributed by atoms with Crippen LogP contribution >= 0.6 is 0 Å². The van der Waals surface area contributed by atoms with Crippen molar-refractivity contribution >= 4 is 23.2 Å². The second-order valence-corrected chi connectivity index (χ2v) is 6.09. The Morgan fingerprint density at radius 1 is 1.26 bits per heavy atom. The number of aliphatic hydroxyl groups is 1. The average molecular weight is 372 g/mol. The molecule has 0 aromatic heterocycles. The van der Waals surface area contributed by atoms with Crippen LogP contribution in [0.1, 0.15) is 30.6 Å². The van der Waals surface area contributed by atoms with E-state index in [1.807, 2.05) is 37.4 Å². The lowest BCUT2D eigenvalue weighted by Gasteiger charge is -2.29. The molecule has 1 N–H and O–H groups in total. The summed E-state index contributed by atoms with van der Waals surface area (Å²) in [5.74, 6) is -0.104. The molecule has 2 rings (SSSR count). The number of anilines is 1. The minimum absolute atomic E-state index is 0.00929.